The van der Waals surface area contributed by atoms with Crippen LogP contribution >= 0.6 is 0 Å². The third kappa shape index (κ3) is 2.68. The fourth-order valence-corrected chi connectivity index (χ4v) is 6.14. The monoisotopic (exact) mass is 428 g/mol. The molecule has 0 spiro atoms. The van der Waals surface area contributed by atoms with E-state index in [1.165, 1.54) is 9.80 Å². The molecule has 0 aromatic heterocycles. The number of amides is 3. The van der Waals surface area contributed by atoms with Gasteiger partial charge in [-0.3, -0.25) is 24.2 Å². The van der Waals surface area contributed by atoms with Crippen LogP contribution in [0.1, 0.15) is 16.8 Å². The highest BCUT2D eigenvalue weighted by Gasteiger charge is 2.67. The highest BCUT2D eigenvalue weighted by Crippen LogP contribution is 2.65. The van der Waals surface area contributed by atoms with Crippen LogP contribution in [0.5, 0.6) is 5.75 Å². The molecule has 2 bridgehead atoms. The van der Waals surface area contributed by atoms with Crippen molar-refractivity contribution >= 4 is 23.4 Å². The number of anilines is 1. The van der Waals surface area contributed by atoms with Crippen molar-refractivity contribution in [3.8, 4) is 5.75 Å². The lowest BCUT2D eigenvalue weighted by Crippen LogP contribution is -2.45. The van der Waals surface area contributed by atoms with Gasteiger partial charge in [0.15, 0.2) is 0 Å². The molecule has 3 amide bonds. The molecule has 0 N–H and O–H groups in total. The molecule has 32 heavy (non-hydrogen) atoms. The number of benzene rings is 2. The van der Waals surface area contributed by atoms with E-state index in [1.807, 2.05) is 18.2 Å². The molecule has 2 aromatic carbocycles. The van der Waals surface area contributed by atoms with Crippen molar-refractivity contribution in [2.75, 3.05) is 18.7 Å². The van der Waals surface area contributed by atoms with Crippen molar-refractivity contribution in [2.24, 2.45) is 35.5 Å². The van der Waals surface area contributed by atoms with Crippen LogP contribution in [0, 0.1) is 35.5 Å². The van der Waals surface area contributed by atoms with Crippen molar-refractivity contribution in [1.29, 1.82) is 0 Å². The Balaban J connectivity index is 1.36. The lowest BCUT2D eigenvalue weighted by molar-refractivity contribution is -0.140. The zero-order valence-corrected chi connectivity index (χ0v) is 17.8. The third-order valence-electron chi connectivity index (χ3n) is 7.68. The quantitative estimate of drug-likeness (QED) is 0.541. The summed E-state index contributed by atoms with van der Waals surface area (Å²) in [4.78, 5) is 43.3. The predicted molar refractivity (Wildman–Crippen MR) is 118 cm³/mol. The van der Waals surface area contributed by atoms with E-state index in [-0.39, 0.29) is 48.1 Å². The molecule has 6 nitrogen and oxygen atoms in total. The predicted octanol–water partition coefficient (Wildman–Crippen LogP) is 3.35. The molecule has 1 saturated heterocycles. The highest BCUT2D eigenvalue weighted by atomic mass is 16.5. The van der Waals surface area contributed by atoms with Gasteiger partial charge in [0.2, 0.25) is 11.8 Å². The summed E-state index contributed by atoms with van der Waals surface area (Å²) < 4.78 is 5.50. The van der Waals surface area contributed by atoms with E-state index in [2.05, 4.69) is 12.2 Å². The Kier molecular flexibility index (Phi) is 4.25. The fourth-order valence-electron chi connectivity index (χ4n) is 6.14. The summed E-state index contributed by atoms with van der Waals surface area (Å²) >= 11 is 0. The van der Waals surface area contributed by atoms with Gasteiger partial charge in [-0.15, -0.1) is 0 Å². The number of para-hydroxylation sites is 2. The second kappa shape index (κ2) is 7.05. The molecule has 2 saturated carbocycles. The van der Waals surface area contributed by atoms with Gasteiger partial charge in [-0.25, -0.2) is 0 Å². The largest absolute Gasteiger partial charge is 0.495 e. The lowest BCUT2D eigenvalue weighted by atomic mass is 9.63. The minimum atomic E-state index is -0.285. The maximum absolute atomic E-state index is 13.5. The van der Waals surface area contributed by atoms with Gasteiger partial charge in [-0.05, 0) is 54.4 Å². The van der Waals surface area contributed by atoms with E-state index in [0.717, 1.165) is 6.42 Å². The van der Waals surface area contributed by atoms with E-state index >= 15 is 0 Å². The van der Waals surface area contributed by atoms with Crippen molar-refractivity contribution in [3.05, 3.63) is 72.3 Å². The number of hydrogen-bond acceptors (Lipinski definition) is 4. The number of likely N-dealkylation sites (tertiary alicyclic amines) is 1. The first kappa shape index (κ1) is 19.3. The Bertz CT molecular complexity index is 1110. The smallest absolute Gasteiger partial charge is 0.259 e. The normalized spacial score (nSPS) is 31.3. The molecule has 1 heterocycles. The molecule has 0 radical (unpaired) electrons. The summed E-state index contributed by atoms with van der Waals surface area (Å²) in [5, 5.41) is 0. The van der Waals surface area contributed by atoms with E-state index in [0.29, 0.717) is 28.8 Å². The molecule has 162 valence electrons. The molecule has 1 aliphatic heterocycles. The van der Waals surface area contributed by atoms with E-state index in [1.54, 1.807) is 43.5 Å². The Hall–Kier alpha value is -3.41. The van der Waals surface area contributed by atoms with Gasteiger partial charge in [0, 0.05) is 5.56 Å². The Morgan fingerprint density at radius 2 is 1.53 bits per heavy atom. The first-order valence-corrected chi connectivity index (χ1v) is 11.1. The molecular weight excluding hydrogens is 404 g/mol. The van der Waals surface area contributed by atoms with Gasteiger partial charge < -0.3 is 4.74 Å². The molecule has 5 aliphatic rings. The van der Waals surface area contributed by atoms with E-state index in [4.69, 9.17) is 4.74 Å². The number of hydrogen-bond donors (Lipinski definition) is 0. The van der Waals surface area contributed by atoms with Crippen molar-refractivity contribution in [3.63, 3.8) is 0 Å². The van der Waals surface area contributed by atoms with Crippen molar-refractivity contribution in [2.45, 2.75) is 6.42 Å². The van der Waals surface area contributed by atoms with Gasteiger partial charge in [-0.2, -0.15) is 0 Å². The summed E-state index contributed by atoms with van der Waals surface area (Å²) in [6, 6.07) is 16.1. The summed E-state index contributed by atoms with van der Waals surface area (Å²) in [6.07, 6.45) is 5.43. The molecule has 6 atom stereocenters. The summed E-state index contributed by atoms with van der Waals surface area (Å²) in [5.74, 6) is 0.752. The number of imide groups is 1. The highest BCUT2D eigenvalue weighted by molar-refractivity contribution is 6.10. The van der Waals surface area contributed by atoms with Crippen LogP contribution in [0.15, 0.2) is 66.7 Å². The van der Waals surface area contributed by atoms with Gasteiger partial charge >= 0.3 is 0 Å². The molecule has 3 fully saturated rings. The second-order valence-corrected chi connectivity index (χ2v) is 9.17. The number of ether oxygens (including phenoxy) is 1. The van der Waals surface area contributed by atoms with Crippen LogP contribution in [-0.2, 0) is 9.59 Å². The van der Waals surface area contributed by atoms with Gasteiger partial charge in [-0.1, -0.05) is 42.5 Å². The zero-order chi connectivity index (χ0) is 22.0. The van der Waals surface area contributed by atoms with Crippen LogP contribution in [0.3, 0.4) is 0 Å². The number of allylic oxidation sites excluding steroid dienone is 2. The number of rotatable bonds is 5. The van der Waals surface area contributed by atoms with Gasteiger partial charge in [0.1, 0.15) is 12.4 Å². The topological polar surface area (TPSA) is 66.9 Å². The van der Waals surface area contributed by atoms with Crippen LogP contribution in [0.2, 0.25) is 0 Å². The summed E-state index contributed by atoms with van der Waals surface area (Å²) in [7, 11) is 1.54. The second-order valence-electron chi connectivity index (χ2n) is 9.17. The average Bonchev–Trinajstić information content (AvgIpc) is 3.62. The summed E-state index contributed by atoms with van der Waals surface area (Å²) in [6.45, 7) is -0.118. The SMILES string of the molecule is COc1ccccc1N(CN1C(=O)[C@@H]2[C@@H]3C=C[C@H]([C@@H]4C[C@H]34)[C@H]2C1=O)C(=O)c1ccccc1. The summed E-state index contributed by atoms with van der Waals surface area (Å²) in [5.41, 5.74) is 1.01. The number of carbonyl (C=O) groups is 3. The molecule has 2 aromatic rings. The molecular formula is C26H24N2O4. The molecule has 7 rings (SSSR count). The zero-order valence-electron chi connectivity index (χ0n) is 17.8. The minimum absolute atomic E-state index is 0.118. The van der Waals surface area contributed by atoms with E-state index in [9.17, 15) is 14.4 Å². The molecule has 4 aliphatic carbocycles. The standard InChI is InChI=1S/C26H24N2O4/c1-32-21-10-6-5-9-20(21)27(24(29)15-7-3-2-4-8-15)14-28-25(30)22-16-11-12-17(19-13-18(16)19)23(22)26(28)31/h2-12,16-19,22-23H,13-14H2,1H3/t16-,17-,18-,19+,22-,23-/m1/s1. The van der Waals surface area contributed by atoms with Gasteiger partial charge in [0.25, 0.3) is 5.91 Å². The van der Waals surface area contributed by atoms with Crippen LogP contribution in [0.4, 0.5) is 5.69 Å². The molecule has 0 unspecified atom stereocenters. The average molecular weight is 428 g/mol. The maximum atomic E-state index is 13.5. The number of nitrogens with zero attached hydrogens (tertiary/aromatic N) is 2. The Morgan fingerprint density at radius 3 is 2.16 bits per heavy atom. The van der Waals surface area contributed by atoms with Crippen LogP contribution in [0.25, 0.3) is 0 Å². The van der Waals surface area contributed by atoms with Crippen molar-refractivity contribution < 1.29 is 19.1 Å². The fraction of sp³-hybridized carbons (Fsp3) is 0.346. The van der Waals surface area contributed by atoms with E-state index < -0.39 is 0 Å². The maximum Gasteiger partial charge on any atom is 0.259 e. The number of carbonyl (C=O) groups excluding carboxylic acids is 3. The van der Waals surface area contributed by atoms with Gasteiger partial charge in [0.05, 0.1) is 24.6 Å². The Morgan fingerprint density at radius 1 is 0.938 bits per heavy atom. The van der Waals surface area contributed by atoms with Crippen molar-refractivity contribution in [1.82, 2.24) is 4.90 Å². The molecule has 6 heteroatoms. The first-order chi connectivity index (χ1) is 15.6. The first-order valence-electron chi connectivity index (χ1n) is 11.1. The minimum Gasteiger partial charge on any atom is -0.495 e. The lowest BCUT2D eigenvalue weighted by Gasteiger charge is -2.37. The third-order valence-corrected chi connectivity index (χ3v) is 7.68. The Labute approximate surface area is 186 Å². The van der Waals surface area contributed by atoms with Crippen LogP contribution in [-0.4, -0.2) is 36.4 Å². The number of methoxy groups -OCH3 is 1. The van der Waals surface area contributed by atoms with Crippen LogP contribution < -0.4 is 9.64 Å².